The third kappa shape index (κ3) is 4.80. The number of aryl methyl sites for hydroxylation is 2. The van der Waals surface area contributed by atoms with E-state index in [1.165, 1.54) is 35.4 Å². The van der Waals surface area contributed by atoms with Gasteiger partial charge in [0.1, 0.15) is 0 Å². The highest BCUT2D eigenvalue weighted by Gasteiger charge is 2.05. The Morgan fingerprint density at radius 3 is 2.67 bits per heavy atom. The second-order valence-corrected chi connectivity index (χ2v) is 5.48. The summed E-state index contributed by atoms with van der Waals surface area (Å²) in [5.74, 6) is 0. The van der Waals surface area contributed by atoms with Gasteiger partial charge in [0.05, 0.1) is 0 Å². The van der Waals surface area contributed by atoms with Gasteiger partial charge in [-0.25, -0.2) is 0 Å². The first kappa shape index (κ1) is 12.7. The average Bonchev–Trinajstić information content (AvgIpc) is 2.65. The monoisotopic (exact) mass is 225 g/mol. The van der Waals surface area contributed by atoms with Crippen molar-refractivity contribution in [1.82, 2.24) is 5.32 Å². The summed E-state index contributed by atoms with van der Waals surface area (Å²) in [5.41, 5.74) is 0. The molecule has 1 rings (SSSR count). The van der Waals surface area contributed by atoms with E-state index >= 15 is 0 Å². The van der Waals surface area contributed by atoms with Crippen LogP contribution >= 0.6 is 11.3 Å². The van der Waals surface area contributed by atoms with Gasteiger partial charge in [0, 0.05) is 15.8 Å². The zero-order valence-corrected chi connectivity index (χ0v) is 11.0. The molecule has 1 aromatic heterocycles. The third-order valence-electron chi connectivity index (χ3n) is 2.71. The van der Waals surface area contributed by atoms with E-state index in [2.05, 4.69) is 38.2 Å². The van der Waals surface area contributed by atoms with E-state index < -0.39 is 0 Å². The van der Waals surface area contributed by atoms with E-state index in [0.29, 0.717) is 6.04 Å². The van der Waals surface area contributed by atoms with Gasteiger partial charge in [-0.1, -0.05) is 13.8 Å². The minimum absolute atomic E-state index is 0.701. The largest absolute Gasteiger partial charge is 0.314 e. The molecule has 1 aromatic rings. The topological polar surface area (TPSA) is 12.0 Å². The quantitative estimate of drug-likeness (QED) is 0.745. The lowest BCUT2D eigenvalue weighted by Gasteiger charge is -2.15. The summed E-state index contributed by atoms with van der Waals surface area (Å²) in [6, 6.07) is 5.19. The van der Waals surface area contributed by atoms with Crippen LogP contribution in [0, 0.1) is 6.92 Å². The van der Waals surface area contributed by atoms with Crippen molar-refractivity contribution in [2.24, 2.45) is 0 Å². The molecule has 0 spiro atoms. The molecule has 0 amide bonds. The number of hydrogen-bond acceptors (Lipinski definition) is 2. The van der Waals surface area contributed by atoms with Crippen LogP contribution in [-0.4, -0.2) is 12.6 Å². The molecule has 0 bridgehead atoms. The van der Waals surface area contributed by atoms with Crippen molar-refractivity contribution in [3.63, 3.8) is 0 Å². The normalized spacial score (nSPS) is 13.0. The van der Waals surface area contributed by atoms with Crippen molar-refractivity contribution in [3.8, 4) is 0 Å². The van der Waals surface area contributed by atoms with Gasteiger partial charge in [-0.05, 0) is 51.3 Å². The predicted molar refractivity (Wildman–Crippen MR) is 69.7 cm³/mol. The summed E-state index contributed by atoms with van der Waals surface area (Å²) in [5, 5.41) is 3.60. The van der Waals surface area contributed by atoms with Crippen LogP contribution in [0.5, 0.6) is 0 Å². The van der Waals surface area contributed by atoms with Gasteiger partial charge in [0.25, 0.3) is 0 Å². The fourth-order valence-corrected chi connectivity index (χ4v) is 2.64. The van der Waals surface area contributed by atoms with Crippen molar-refractivity contribution in [2.45, 2.75) is 52.5 Å². The first-order chi connectivity index (χ1) is 7.26. The third-order valence-corrected chi connectivity index (χ3v) is 3.77. The Morgan fingerprint density at radius 1 is 1.33 bits per heavy atom. The Bertz CT molecular complexity index is 267. The minimum Gasteiger partial charge on any atom is -0.314 e. The SMILES string of the molecule is CCCNC(CC)CCc1ccc(C)s1. The van der Waals surface area contributed by atoms with Crippen molar-refractivity contribution in [3.05, 3.63) is 21.9 Å². The van der Waals surface area contributed by atoms with Crippen molar-refractivity contribution >= 4 is 11.3 Å². The zero-order chi connectivity index (χ0) is 11.1. The molecule has 0 aliphatic heterocycles. The highest BCUT2D eigenvalue weighted by molar-refractivity contribution is 7.11. The standard InChI is InChI=1S/C13H23NS/c1-4-10-14-12(5-2)7-9-13-8-6-11(3)15-13/h6,8,12,14H,4-5,7,9-10H2,1-3H3. The molecule has 1 nitrogen and oxygen atoms in total. The fraction of sp³-hybridized carbons (Fsp3) is 0.692. The number of hydrogen-bond donors (Lipinski definition) is 1. The lowest BCUT2D eigenvalue weighted by Crippen LogP contribution is -2.29. The van der Waals surface area contributed by atoms with Gasteiger partial charge >= 0.3 is 0 Å². The molecule has 0 saturated heterocycles. The minimum atomic E-state index is 0.701. The van der Waals surface area contributed by atoms with Crippen LogP contribution in [0.4, 0.5) is 0 Å². The molecule has 2 heteroatoms. The maximum absolute atomic E-state index is 3.60. The van der Waals surface area contributed by atoms with E-state index in [9.17, 15) is 0 Å². The van der Waals surface area contributed by atoms with Crippen LogP contribution in [-0.2, 0) is 6.42 Å². The van der Waals surface area contributed by atoms with Crippen molar-refractivity contribution in [2.75, 3.05) is 6.54 Å². The zero-order valence-electron chi connectivity index (χ0n) is 10.2. The Labute approximate surface area is 97.9 Å². The molecule has 86 valence electrons. The maximum atomic E-state index is 3.60. The van der Waals surface area contributed by atoms with Gasteiger partial charge in [-0.15, -0.1) is 11.3 Å². The summed E-state index contributed by atoms with van der Waals surface area (Å²) in [6.07, 6.45) is 4.98. The fourth-order valence-electron chi connectivity index (χ4n) is 1.73. The van der Waals surface area contributed by atoms with Crippen LogP contribution in [0.2, 0.25) is 0 Å². The van der Waals surface area contributed by atoms with E-state index in [4.69, 9.17) is 0 Å². The van der Waals surface area contributed by atoms with Gasteiger partial charge in [0.15, 0.2) is 0 Å². The summed E-state index contributed by atoms with van der Waals surface area (Å²) in [7, 11) is 0. The van der Waals surface area contributed by atoms with E-state index in [0.717, 1.165) is 6.54 Å². The molecule has 1 heterocycles. The molecule has 0 fully saturated rings. The highest BCUT2D eigenvalue weighted by Crippen LogP contribution is 2.17. The lowest BCUT2D eigenvalue weighted by molar-refractivity contribution is 0.469. The molecule has 1 N–H and O–H groups in total. The second-order valence-electron chi connectivity index (χ2n) is 4.11. The second kappa shape index (κ2) is 7.02. The smallest absolute Gasteiger partial charge is 0.00678 e. The molecular weight excluding hydrogens is 202 g/mol. The molecule has 0 aliphatic rings. The number of thiophene rings is 1. The molecular formula is C13H23NS. The molecule has 15 heavy (non-hydrogen) atoms. The predicted octanol–water partition coefficient (Wildman–Crippen LogP) is 3.77. The van der Waals surface area contributed by atoms with Crippen molar-refractivity contribution < 1.29 is 0 Å². The molecule has 1 atom stereocenters. The van der Waals surface area contributed by atoms with Gasteiger partial charge < -0.3 is 5.32 Å². The summed E-state index contributed by atoms with van der Waals surface area (Å²) in [4.78, 5) is 2.96. The van der Waals surface area contributed by atoms with E-state index in [1.807, 2.05) is 11.3 Å². The summed E-state index contributed by atoms with van der Waals surface area (Å²) < 4.78 is 0. The Kier molecular flexibility index (Phi) is 5.96. The van der Waals surface area contributed by atoms with E-state index in [1.54, 1.807) is 0 Å². The van der Waals surface area contributed by atoms with Crippen LogP contribution < -0.4 is 5.32 Å². The maximum Gasteiger partial charge on any atom is 0.00678 e. The summed E-state index contributed by atoms with van der Waals surface area (Å²) in [6.45, 7) is 7.83. The average molecular weight is 225 g/mol. The Balaban J connectivity index is 2.27. The molecule has 0 aliphatic carbocycles. The van der Waals surface area contributed by atoms with Gasteiger partial charge in [-0.3, -0.25) is 0 Å². The van der Waals surface area contributed by atoms with Gasteiger partial charge in [0.2, 0.25) is 0 Å². The molecule has 0 saturated carbocycles. The first-order valence-corrected chi connectivity index (χ1v) is 6.86. The lowest BCUT2D eigenvalue weighted by atomic mass is 10.1. The molecule has 0 radical (unpaired) electrons. The first-order valence-electron chi connectivity index (χ1n) is 6.05. The Morgan fingerprint density at radius 2 is 2.13 bits per heavy atom. The number of nitrogens with one attached hydrogen (secondary N) is 1. The highest BCUT2D eigenvalue weighted by atomic mass is 32.1. The van der Waals surface area contributed by atoms with Gasteiger partial charge in [-0.2, -0.15) is 0 Å². The number of rotatable bonds is 7. The van der Waals surface area contributed by atoms with Crippen LogP contribution in [0.1, 0.15) is 42.9 Å². The summed E-state index contributed by atoms with van der Waals surface area (Å²) >= 11 is 1.94. The van der Waals surface area contributed by atoms with E-state index in [-0.39, 0.29) is 0 Å². The Hall–Kier alpha value is -0.340. The van der Waals surface area contributed by atoms with Crippen molar-refractivity contribution in [1.29, 1.82) is 0 Å². The van der Waals surface area contributed by atoms with Crippen LogP contribution in [0.15, 0.2) is 12.1 Å². The molecule has 0 aromatic carbocycles. The van der Waals surface area contributed by atoms with Crippen LogP contribution in [0.3, 0.4) is 0 Å². The van der Waals surface area contributed by atoms with Crippen LogP contribution in [0.25, 0.3) is 0 Å². The molecule has 1 unspecified atom stereocenters.